The number of aromatic amines is 1. The summed E-state index contributed by atoms with van der Waals surface area (Å²) in [6.45, 7) is 5.50. The maximum atomic E-state index is 12.4. The Balaban J connectivity index is 3.26. The van der Waals surface area contributed by atoms with E-state index in [4.69, 9.17) is 11.6 Å². The first kappa shape index (κ1) is 14.5. The summed E-state index contributed by atoms with van der Waals surface area (Å²) in [5.74, 6) is 0.0766. The first-order chi connectivity index (χ1) is 7.86. The van der Waals surface area contributed by atoms with Gasteiger partial charge in [0.25, 0.3) is 0 Å². The van der Waals surface area contributed by atoms with Crippen LogP contribution in [0.15, 0.2) is 4.90 Å². The normalized spacial score (nSPS) is 14.2. The molecule has 1 rings (SSSR count). The Morgan fingerprint density at radius 3 is 2.59 bits per heavy atom. The first-order valence-electron chi connectivity index (χ1n) is 5.44. The van der Waals surface area contributed by atoms with E-state index in [9.17, 15) is 8.42 Å². The molecule has 7 heteroatoms. The van der Waals surface area contributed by atoms with E-state index in [0.29, 0.717) is 11.4 Å². The molecule has 5 nitrogen and oxygen atoms in total. The Morgan fingerprint density at radius 2 is 2.12 bits per heavy atom. The molecule has 0 saturated carbocycles. The molecule has 0 aliphatic heterocycles. The molecule has 0 saturated heterocycles. The van der Waals surface area contributed by atoms with E-state index in [1.54, 1.807) is 14.0 Å². The number of H-pyrrole nitrogens is 1. The average Bonchev–Trinajstić information content (AvgIpc) is 2.68. The second kappa shape index (κ2) is 5.37. The smallest absolute Gasteiger partial charge is 0.246 e. The number of alkyl halides is 1. The van der Waals surface area contributed by atoms with Crippen molar-refractivity contribution >= 4 is 21.6 Å². The SMILES string of the molecule is CCC(C)N(C)S(=O)(=O)c1c(CCl)n[nH]c1C. The van der Waals surface area contributed by atoms with Crippen LogP contribution in [-0.2, 0) is 15.9 Å². The van der Waals surface area contributed by atoms with Crippen LogP contribution in [0.1, 0.15) is 31.7 Å². The van der Waals surface area contributed by atoms with Gasteiger partial charge in [-0.3, -0.25) is 5.10 Å². The van der Waals surface area contributed by atoms with Gasteiger partial charge in [0.1, 0.15) is 4.90 Å². The van der Waals surface area contributed by atoms with Gasteiger partial charge in [0.05, 0.1) is 17.3 Å². The van der Waals surface area contributed by atoms with Gasteiger partial charge in [0, 0.05) is 13.1 Å². The minimum atomic E-state index is -3.53. The van der Waals surface area contributed by atoms with E-state index >= 15 is 0 Å². The predicted octanol–water partition coefficient (Wildman–Crippen LogP) is 1.88. The Hall–Kier alpha value is -0.590. The van der Waals surface area contributed by atoms with Crippen LogP contribution in [0.5, 0.6) is 0 Å². The fourth-order valence-electron chi connectivity index (χ4n) is 1.54. The summed E-state index contributed by atoms with van der Waals surface area (Å²) in [6.07, 6.45) is 0.753. The molecule has 0 fully saturated rings. The van der Waals surface area contributed by atoms with Crippen molar-refractivity contribution in [2.75, 3.05) is 7.05 Å². The van der Waals surface area contributed by atoms with Crippen LogP contribution < -0.4 is 0 Å². The van der Waals surface area contributed by atoms with Crippen LogP contribution in [0.25, 0.3) is 0 Å². The van der Waals surface area contributed by atoms with Crippen LogP contribution in [0, 0.1) is 6.92 Å². The Bertz CT molecular complexity index is 484. The molecule has 0 bridgehead atoms. The van der Waals surface area contributed by atoms with Crippen molar-refractivity contribution in [2.24, 2.45) is 0 Å². The molecule has 1 N–H and O–H groups in total. The van der Waals surface area contributed by atoms with Crippen molar-refractivity contribution in [3.8, 4) is 0 Å². The molecule has 0 aliphatic rings. The number of rotatable bonds is 5. The highest BCUT2D eigenvalue weighted by atomic mass is 35.5. The molecule has 1 unspecified atom stereocenters. The van der Waals surface area contributed by atoms with Crippen LogP contribution in [0.3, 0.4) is 0 Å². The van der Waals surface area contributed by atoms with Gasteiger partial charge in [-0.1, -0.05) is 6.92 Å². The van der Waals surface area contributed by atoms with E-state index < -0.39 is 10.0 Å². The zero-order valence-electron chi connectivity index (χ0n) is 10.5. The highest BCUT2D eigenvalue weighted by Gasteiger charge is 2.30. The Morgan fingerprint density at radius 1 is 1.53 bits per heavy atom. The molecule has 17 heavy (non-hydrogen) atoms. The van der Waals surface area contributed by atoms with Gasteiger partial charge in [0.2, 0.25) is 10.0 Å². The van der Waals surface area contributed by atoms with Crippen molar-refractivity contribution in [1.29, 1.82) is 0 Å². The van der Waals surface area contributed by atoms with Crippen LogP contribution >= 0.6 is 11.6 Å². The molecule has 0 aromatic carbocycles. The first-order valence-corrected chi connectivity index (χ1v) is 7.41. The highest BCUT2D eigenvalue weighted by molar-refractivity contribution is 7.89. The van der Waals surface area contributed by atoms with Gasteiger partial charge in [-0.2, -0.15) is 9.40 Å². The van der Waals surface area contributed by atoms with Crippen molar-refractivity contribution in [3.63, 3.8) is 0 Å². The third kappa shape index (κ3) is 2.64. The number of aromatic nitrogens is 2. The number of nitrogens with zero attached hydrogens (tertiary/aromatic N) is 2. The van der Waals surface area contributed by atoms with Gasteiger partial charge >= 0.3 is 0 Å². The molecule has 1 aromatic heterocycles. The zero-order valence-corrected chi connectivity index (χ0v) is 12.1. The summed E-state index contributed by atoms with van der Waals surface area (Å²) in [5.41, 5.74) is 0.898. The molecule has 1 aromatic rings. The summed E-state index contributed by atoms with van der Waals surface area (Å²) in [4.78, 5) is 0.204. The molecule has 0 aliphatic carbocycles. The molecular formula is C10H18ClN3O2S. The van der Waals surface area contributed by atoms with Crippen molar-refractivity contribution in [3.05, 3.63) is 11.4 Å². The van der Waals surface area contributed by atoms with E-state index in [1.807, 2.05) is 13.8 Å². The summed E-state index contributed by atoms with van der Waals surface area (Å²) in [6, 6.07) is -0.0579. The largest absolute Gasteiger partial charge is 0.281 e. The summed E-state index contributed by atoms with van der Waals surface area (Å²) >= 11 is 5.70. The lowest BCUT2D eigenvalue weighted by Gasteiger charge is -2.23. The lowest BCUT2D eigenvalue weighted by molar-refractivity contribution is 0.380. The third-order valence-electron chi connectivity index (χ3n) is 2.94. The number of hydrogen-bond acceptors (Lipinski definition) is 3. The second-order valence-corrected chi connectivity index (χ2v) is 6.24. The van der Waals surface area contributed by atoms with Crippen LogP contribution in [0.2, 0.25) is 0 Å². The highest BCUT2D eigenvalue weighted by Crippen LogP contribution is 2.24. The fraction of sp³-hybridized carbons (Fsp3) is 0.700. The lowest BCUT2D eigenvalue weighted by atomic mass is 10.3. The van der Waals surface area contributed by atoms with Crippen LogP contribution in [-0.4, -0.2) is 36.0 Å². The van der Waals surface area contributed by atoms with E-state index in [2.05, 4.69) is 10.2 Å². The van der Waals surface area contributed by atoms with Gasteiger partial charge in [-0.15, -0.1) is 11.6 Å². The van der Waals surface area contributed by atoms with E-state index in [-0.39, 0.29) is 16.8 Å². The maximum absolute atomic E-state index is 12.4. The molecule has 0 radical (unpaired) electrons. The molecular weight excluding hydrogens is 262 g/mol. The number of aryl methyl sites for hydroxylation is 1. The van der Waals surface area contributed by atoms with Crippen molar-refractivity contribution in [2.45, 2.75) is 44.0 Å². The molecule has 1 heterocycles. The summed E-state index contributed by atoms with van der Waals surface area (Å²) in [5, 5.41) is 6.57. The predicted molar refractivity (Wildman–Crippen MR) is 67.6 cm³/mol. The van der Waals surface area contributed by atoms with E-state index in [1.165, 1.54) is 4.31 Å². The fourth-order valence-corrected chi connectivity index (χ4v) is 3.57. The minimum absolute atomic E-state index is 0.0579. The second-order valence-electron chi connectivity index (χ2n) is 4.04. The zero-order chi connectivity index (χ0) is 13.2. The number of halogens is 1. The maximum Gasteiger partial charge on any atom is 0.246 e. The van der Waals surface area contributed by atoms with Gasteiger partial charge in [-0.05, 0) is 20.3 Å². The number of sulfonamides is 1. The van der Waals surface area contributed by atoms with Gasteiger partial charge in [-0.25, -0.2) is 8.42 Å². The number of hydrogen-bond donors (Lipinski definition) is 1. The number of nitrogens with one attached hydrogen (secondary N) is 1. The van der Waals surface area contributed by atoms with Gasteiger partial charge in [0.15, 0.2) is 0 Å². The molecule has 0 spiro atoms. The summed E-state index contributed by atoms with van der Waals surface area (Å²) < 4.78 is 26.2. The van der Waals surface area contributed by atoms with Gasteiger partial charge < -0.3 is 0 Å². The minimum Gasteiger partial charge on any atom is -0.281 e. The van der Waals surface area contributed by atoms with E-state index in [0.717, 1.165) is 6.42 Å². The molecule has 1 atom stereocenters. The molecule has 0 amide bonds. The topological polar surface area (TPSA) is 66.1 Å². The molecule has 98 valence electrons. The van der Waals surface area contributed by atoms with Crippen LogP contribution in [0.4, 0.5) is 0 Å². The Kier molecular flexibility index (Phi) is 4.57. The van der Waals surface area contributed by atoms with Crippen molar-refractivity contribution < 1.29 is 8.42 Å². The lowest BCUT2D eigenvalue weighted by Crippen LogP contribution is -2.35. The average molecular weight is 280 g/mol. The quantitative estimate of drug-likeness (QED) is 0.837. The standard InChI is InChI=1S/C10H18ClN3O2S/c1-5-7(2)14(4)17(15,16)10-8(3)12-13-9(10)6-11/h7H,5-6H2,1-4H3,(H,12,13). The Labute approximate surface area is 107 Å². The van der Waals surface area contributed by atoms with Crippen molar-refractivity contribution in [1.82, 2.24) is 14.5 Å². The monoisotopic (exact) mass is 279 g/mol. The summed E-state index contributed by atoms with van der Waals surface area (Å²) in [7, 11) is -1.95. The third-order valence-corrected chi connectivity index (χ3v) is 5.37.